The molecule has 112 valence electrons. The topological polar surface area (TPSA) is 51.2 Å². The van der Waals surface area contributed by atoms with Crippen LogP contribution in [0.25, 0.3) is 0 Å². The number of esters is 1. The van der Waals surface area contributed by atoms with Crippen molar-refractivity contribution in [3.05, 3.63) is 10.6 Å². The van der Waals surface area contributed by atoms with Crippen molar-refractivity contribution in [2.24, 2.45) is 0 Å². The molecule has 2 rings (SSSR count). The van der Waals surface area contributed by atoms with Gasteiger partial charge in [0.05, 0.1) is 0 Å². The second-order valence-corrected chi connectivity index (χ2v) is 6.61. The Morgan fingerprint density at radius 3 is 2.40 bits per heavy atom. The molecule has 0 saturated heterocycles. The van der Waals surface area contributed by atoms with E-state index in [1.54, 1.807) is 20.8 Å². The lowest BCUT2D eigenvalue weighted by atomic mass is 10.2. The van der Waals surface area contributed by atoms with Crippen LogP contribution in [0.5, 0.6) is 0 Å². The predicted molar refractivity (Wildman–Crippen MR) is 68.9 cm³/mol. The SMILES string of the molecule is CC(C)(C)OC(=O)c1sc(NC2CC2)nc1C(F)(F)F. The summed E-state index contributed by atoms with van der Waals surface area (Å²) in [6.07, 6.45) is -2.86. The first-order chi connectivity index (χ1) is 9.06. The molecule has 1 aromatic rings. The van der Waals surface area contributed by atoms with E-state index in [9.17, 15) is 18.0 Å². The molecule has 0 atom stereocenters. The van der Waals surface area contributed by atoms with E-state index in [4.69, 9.17) is 4.74 Å². The lowest BCUT2D eigenvalue weighted by molar-refractivity contribution is -0.141. The fraction of sp³-hybridized carbons (Fsp3) is 0.667. The summed E-state index contributed by atoms with van der Waals surface area (Å²) in [5, 5.41) is 2.98. The molecule has 1 aliphatic rings. The van der Waals surface area contributed by atoms with Crippen molar-refractivity contribution < 1.29 is 22.7 Å². The second kappa shape index (κ2) is 4.91. The predicted octanol–water partition coefficient (Wildman–Crippen LogP) is 3.69. The monoisotopic (exact) mass is 308 g/mol. The van der Waals surface area contributed by atoms with Crippen LogP contribution in [0.15, 0.2) is 0 Å². The summed E-state index contributed by atoms with van der Waals surface area (Å²) in [6, 6.07) is 0.161. The molecule has 0 aromatic carbocycles. The van der Waals surface area contributed by atoms with Gasteiger partial charge in [-0.05, 0) is 33.6 Å². The van der Waals surface area contributed by atoms with Crippen LogP contribution in [0.3, 0.4) is 0 Å². The normalized spacial score (nSPS) is 16.1. The highest BCUT2D eigenvalue weighted by molar-refractivity contribution is 7.17. The summed E-state index contributed by atoms with van der Waals surface area (Å²) in [5.74, 6) is -0.994. The Bertz CT molecular complexity index is 516. The Labute approximate surface area is 118 Å². The molecule has 0 aliphatic heterocycles. The highest BCUT2D eigenvalue weighted by atomic mass is 32.1. The number of hydrogen-bond acceptors (Lipinski definition) is 5. The molecule has 0 unspecified atom stereocenters. The zero-order valence-electron chi connectivity index (χ0n) is 11.3. The van der Waals surface area contributed by atoms with Gasteiger partial charge in [-0.25, -0.2) is 9.78 Å². The summed E-state index contributed by atoms with van der Waals surface area (Å²) >= 11 is 0.687. The van der Waals surface area contributed by atoms with Gasteiger partial charge in [0.25, 0.3) is 0 Å². The number of thiazole rings is 1. The zero-order chi connectivity index (χ0) is 15.1. The van der Waals surface area contributed by atoms with Crippen LogP contribution in [0, 0.1) is 0 Å². The van der Waals surface area contributed by atoms with Gasteiger partial charge in [0.2, 0.25) is 0 Å². The number of aromatic nitrogens is 1. The van der Waals surface area contributed by atoms with Crippen molar-refractivity contribution in [2.75, 3.05) is 5.32 Å². The van der Waals surface area contributed by atoms with Gasteiger partial charge >= 0.3 is 12.1 Å². The number of carbonyl (C=O) groups excluding carboxylic acids is 1. The quantitative estimate of drug-likeness (QED) is 0.865. The van der Waals surface area contributed by atoms with Crippen molar-refractivity contribution in [2.45, 2.75) is 51.4 Å². The van der Waals surface area contributed by atoms with E-state index >= 15 is 0 Å². The molecule has 8 heteroatoms. The highest BCUT2D eigenvalue weighted by Gasteiger charge is 2.41. The van der Waals surface area contributed by atoms with Crippen LogP contribution in [0.2, 0.25) is 0 Å². The van der Waals surface area contributed by atoms with Crippen LogP contribution in [-0.4, -0.2) is 22.6 Å². The Kier molecular flexibility index (Phi) is 3.70. The number of nitrogens with one attached hydrogen (secondary N) is 1. The summed E-state index contributed by atoms with van der Waals surface area (Å²) in [5.41, 5.74) is -2.03. The highest BCUT2D eigenvalue weighted by Crippen LogP contribution is 2.38. The van der Waals surface area contributed by atoms with Gasteiger partial charge in [0, 0.05) is 6.04 Å². The average molecular weight is 308 g/mol. The van der Waals surface area contributed by atoms with E-state index in [0.717, 1.165) is 12.8 Å². The largest absolute Gasteiger partial charge is 0.456 e. The Morgan fingerprint density at radius 1 is 1.35 bits per heavy atom. The third-order valence-electron chi connectivity index (χ3n) is 2.38. The van der Waals surface area contributed by atoms with Crippen molar-refractivity contribution in [3.8, 4) is 0 Å². The van der Waals surface area contributed by atoms with E-state index < -0.39 is 28.3 Å². The van der Waals surface area contributed by atoms with Gasteiger partial charge in [-0.2, -0.15) is 13.2 Å². The fourth-order valence-corrected chi connectivity index (χ4v) is 2.38. The molecular formula is C12H15F3N2O2S. The Morgan fingerprint density at radius 2 is 1.95 bits per heavy atom. The summed E-state index contributed by atoms with van der Waals surface area (Å²) in [4.78, 5) is 14.9. The minimum absolute atomic E-state index is 0.112. The van der Waals surface area contributed by atoms with Crippen molar-refractivity contribution in [1.29, 1.82) is 0 Å². The standard InChI is InChI=1S/C12H15F3N2O2S/c1-11(2,3)19-9(18)7-8(12(13,14)15)17-10(20-7)16-6-4-5-6/h6H,4-5H2,1-3H3,(H,16,17). The first kappa shape index (κ1) is 15.1. The molecule has 1 heterocycles. The molecule has 0 bridgehead atoms. The molecule has 1 aromatic heterocycles. The van der Waals surface area contributed by atoms with Gasteiger partial charge < -0.3 is 10.1 Å². The average Bonchev–Trinajstić information content (AvgIpc) is 2.90. The molecule has 0 radical (unpaired) electrons. The molecule has 20 heavy (non-hydrogen) atoms. The number of anilines is 1. The number of rotatable bonds is 3. The fourth-order valence-electron chi connectivity index (χ4n) is 1.44. The van der Waals surface area contributed by atoms with Crippen molar-refractivity contribution in [3.63, 3.8) is 0 Å². The van der Waals surface area contributed by atoms with Gasteiger partial charge in [-0.1, -0.05) is 11.3 Å². The number of halogens is 3. The van der Waals surface area contributed by atoms with E-state index in [-0.39, 0.29) is 11.2 Å². The minimum atomic E-state index is -4.67. The molecule has 1 saturated carbocycles. The van der Waals surface area contributed by atoms with E-state index in [1.807, 2.05) is 0 Å². The van der Waals surface area contributed by atoms with E-state index in [1.165, 1.54) is 0 Å². The summed E-state index contributed by atoms with van der Waals surface area (Å²) in [7, 11) is 0. The third-order valence-corrected chi connectivity index (χ3v) is 3.35. The van der Waals surface area contributed by atoms with E-state index in [0.29, 0.717) is 11.3 Å². The molecule has 0 spiro atoms. The van der Waals surface area contributed by atoms with Gasteiger partial charge in [-0.3, -0.25) is 0 Å². The number of ether oxygens (including phenoxy) is 1. The van der Waals surface area contributed by atoms with E-state index in [2.05, 4.69) is 10.3 Å². The smallest absolute Gasteiger partial charge is 0.435 e. The minimum Gasteiger partial charge on any atom is -0.456 e. The second-order valence-electron chi connectivity index (χ2n) is 5.62. The van der Waals surface area contributed by atoms with Crippen LogP contribution in [-0.2, 0) is 10.9 Å². The molecular weight excluding hydrogens is 293 g/mol. The van der Waals surface area contributed by atoms with Gasteiger partial charge in [-0.15, -0.1) is 0 Å². The molecule has 0 amide bonds. The molecule has 4 nitrogen and oxygen atoms in total. The Balaban J connectivity index is 2.28. The molecule has 1 fully saturated rings. The van der Waals surface area contributed by atoms with Gasteiger partial charge in [0.15, 0.2) is 10.8 Å². The van der Waals surface area contributed by atoms with Crippen LogP contribution in [0.1, 0.15) is 49.0 Å². The van der Waals surface area contributed by atoms with Crippen molar-refractivity contribution >= 4 is 22.4 Å². The first-order valence-electron chi connectivity index (χ1n) is 6.14. The lowest BCUT2D eigenvalue weighted by Gasteiger charge is -2.19. The number of carbonyl (C=O) groups is 1. The summed E-state index contributed by atoms with van der Waals surface area (Å²) in [6.45, 7) is 4.80. The van der Waals surface area contributed by atoms with Crippen LogP contribution >= 0.6 is 11.3 Å². The number of hydrogen-bond donors (Lipinski definition) is 1. The maximum Gasteiger partial charge on any atom is 0.435 e. The van der Waals surface area contributed by atoms with Crippen LogP contribution in [0.4, 0.5) is 18.3 Å². The molecule has 1 N–H and O–H groups in total. The van der Waals surface area contributed by atoms with Crippen molar-refractivity contribution in [1.82, 2.24) is 4.98 Å². The first-order valence-corrected chi connectivity index (χ1v) is 6.96. The van der Waals surface area contributed by atoms with Crippen LogP contribution < -0.4 is 5.32 Å². The maximum atomic E-state index is 12.9. The third kappa shape index (κ3) is 3.84. The number of nitrogens with zero attached hydrogens (tertiary/aromatic N) is 1. The lowest BCUT2D eigenvalue weighted by Crippen LogP contribution is -2.25. The molecule has 1 aliphatic carbocycles. The maximum absolute atomic E-state index is 12.9. The number of alkyl halides is 3. The van der Waals surface area contributed by atoms with Gasteiger partial charge in [0.1, 0.15) is 10.5 Å². The Hall–Kier alpha value is -1.31. The summed E-state index contributed by atoms with van der Waals surface area (Å²) < 4.78 is 43.7. The zero-order valence-corrected chi connectivity index (χ0v) is 12.1.